The van der Waals surface area contributed by atoms with Gasteiger partial charge in [-0.25, -0.2) is 0 Å². The first-order valence-corrected chi connectivity index (χ1v) is 5.47. The number of nitriles is 1. The summed E-state index contributed by atoms with van der Waals surface area (Å²) in [5.74, 6) is 1.97. The molecular weight excluding hydrogens is 218 g/mol. The van der Waals surface area contributed by atoms with Crippen molar-refractivity contribution >= 4 is 0 Å². The summed E-state index contributed by atoms with van der Waals surface area (Å²) in [6, 6.07) is 3.92. The van der Waals surface area contributed by atoms with Gasteiger partial charge in [-0.3, -0.25) is 0 Å². The van der Waals surface area contributed by atoms with Gasteiger partial charge in [-0.1, -0.05) is 12.1 Å². The minimum atomic E-state index is 0.100. The second-order valence-corrected chi connectivity index (χ2v) is 3.94. The molecule has 0 aliphatic carbocycles. The van der Waals surface area contributed by atoms with Crippen LogP contribution in [0.4, 0.5) is 0 Å². The number of furan rings is 1. The van der Waals surface area contributed by atoms with Crippen LogP contribution in [-0.4, -0.2) is 10.1 Å². The lowest BCUT2D eigenvalue weighted by atomic mass is 10.1. The van der Waals surface area contributed by atoms with Crippen molar-refractivity contribution in [3.63, 3.8) is 0 Å². The van der Waals surface area contributed by atoms with Crippen LogP contribution in [0.15, 0.2) is 21.3 Å². The van der Waals surface area contributed by atoms with Crippen molar-refractivity contribution in [2.24, 2.45) is 0 Å². The molecule has 0 aliphatic heterocycles. The monoisotopic (exact) mass is 231 g/mol. The highest BCUT2D eigenvalue weighted by molar-refractivity contribution is 5.56. The summed E-state index contributed by atoms with van der Waals surface area (Å²) in [6.45, 7) is 3.82. The third-order valence-electron chi connectivity index (χ3n) is 2.65. The van der Waals surface area contributed by atoms with Crippen molar-refractivity contribution in [1.29, 1.82) is 5.26 Å². The summed E-state index contributed by atoms with van der Waals surface area (Å²) in [7, 11) is 0. The van der Waals surface area contributed by atoms with Gasteiger partial charge < -0.3 is 8.94 Å². The first-order valence-electron chi connectivity index (χ1n) is 5.47. The van der Waals surface area contributed by atoms with Crippen molar-refractivity contribution in [2.75, 3.05) is 0 Å². The molecule has 88 valence electrons. The molecule has 0 aliphatic rings. The molecule has 1 atom stereocenters. The Labute approximate surface area is 99.1 Å². The van der Waals surface area contributed by atoms with E-state index in [9.17, 15) is 0 Å². The molecular formula is C12H13N3O2. The van der Waals surface area contributed by atoms with E-state index in [1.54, 1.807) is 6.26 Å². The Balaban J connectivity index is 2.17. The van der Waals surface area contributed by atoms with Gasteiger partial charge in [0.15, 0.2) is 0 Å². The molecule has 2 aromatic rings. The van der Waals surface area contributed by atoms with E-state index in [4.69, 9.17) is 14.2 Å². The van der Waals surface area contributed by atoms with Crippen LogP contribution in [0.1, 0.15) is 37.3 Å². The number of hydrogen-bond donors (Lipinski definition) is 0. The highest BCUT2D eigenvalue weighted by Crippen LogP contribution is 2.25. The Kier molecular flexibility index (Phi) is 3.24. The van der Waals surface area contributed by atoms with Crippen molar-refractivity contribution in [3.05, 3.63) is 24.0 Å². The molecule has 0 bridgehead atoms. The van der Waals surface area contributed by atoms with Crippen molar-refractivity contribution < 1.29 is 8.94 Å². The summed E-state index contributed by atoms with van der Waals surface area (Å²) >= 11 is 0. The van der Waals surface area contributed by atoms with Gasteiger partial charge in [-0.15, -0.1) is 0 Å². The summed E-state index contributed by atoms with van der Waals surface area (Å²) in [5.41, 5.74) is 0.840. The molecule has 0 amide bonds. The van der Waals surface area contributed by atoms with Gasteiger partial charge in [0, 0.05) is 12.3 Å². The minimum Gasteiger partial charge on any atom is -0.469 e. The fourth-order valence-corrected chi connectivity index (χ4v) is 1.57. The summed E-state index contributed by atoms with van der Waals surface area (Å²) in [6.07, 6.45) is 2.81. The first-order chi connectivity index (χ1) is 8.22. The van der Waals surface area contributed by atoms with E-state index in [-0.39, 0.29) is 5.92 Å². The Morgan fingerprint density at radius 1 is 1.53 bits per heavy atom. The topological polar surface area (TPSA) is 75.8 Å². The predicted molar refractivity (Wildman–Crippen MR) is 60.0 cm³/mol. The van der Waals surface area contributed by atoms with Crippen LogP contribution >= 0.6 is 0 Å². The van der Waals surface area contributed by atoms with E-state index in [1.807, 2.05) is 19.9 Å². The highest BCUT2D eigenvalue weighted by atomic mass is 16.5. The fourth-order valence-electron chi connectivity index (χ4n) is 1.57. The molecule has 5 nitrogen and oxygen atoms in total. The Morgan fingerprint density at radius 3 is 3.00 bits per heavy atom. The molecule has 0 saturated heterocycles. The Bertz CT molecular complexity index is 536. The number of rotatable bonds is 4. The van der Waals surface area contributed by atoms with Gasteiger partial charge in [0.25, 0.3) is 0 Å². The van der Waals surface area contributed by atoms with E-state index in [2.05, 4.69) is 16.2 Å². The summed E-state index contributed by atoms with van der Waals surface area (Å²) < 4.78 is 10.4. The number of aryl methyl sites for hydroxylation is 1. The van der Waals surface area contributed by atoms with Crippen molar-refractivity contribution in [3.8, 4) is 17.5 Å². The fraction of sp³-hybridized carbons (Fsp3) is 0.417. The molecule has 0 radical (unpaired) electrons. The average Bonchev–Trinajstić information content (AvgIpc) is 2.93. The second kappa shape index (κ2) is 4.83. The molecule has 5 heteroatoms. The number of aromatic nitrogens is 2. The standard InChI is InChI=1S/C12H13N3O2/c1-8(4-3-6-13)12-14-11(15-17-12)10-5-7-16-9(10)2/h5,7-8H,3-4H2,1-2H3. The molecule has 2 rings (SSSR count). The number of nitrogens with zero attached hydrogens (tertiary/aromatic N) is 3. The minimum absolute atomic E-state index is 0.100. The average molecular weight is 231 g/mol. The van der Waals surface area contributed by atoms with Crippen LogP contribution in [0.2, 0.25) is 0 Å². The van der Waals surface area contributed by atoms with Gasteiger partial charge >= 0.3 is 0 Å². The maximum atomic E-state index is 8.52. The van der Waals surface area contributed by atoms with Crippen LogP contribution in [0.3, 0.4) is 0 Å². The summed E-state index contributed by atoms with van der Waals surface area (Å²) in [5, 5.41) is 12.4. The predicted octanol–water partition coefficient (Wildman–Crippen LogP) is 3.05. The normalized spacial score (nSPS) is 12.3. The van der Waals surface area contributed by atoms with E-state index in [0.717, 1.165) is 17.7 Å². The lowest BCUT2D eigenvalue weighted by molar-refractivity contribution is 0.355. The molecule has 0 fully saturated rings. The lowest BCUT2D eigenvalue weighted by Crippen LogP contribution is -1.93. The van der Waals surface area contributed by atoms with Gasteiger partial charge in [0.05, 0.1) is 17.9 Å². The largest absolute Gasteiger partial charge is 0.469 e. The lowest BCUT2D eigenvalue weighted by Gasteiger charge is -2.00. The zero-order valence-corrected chi connectivity index (χ0v) is 9.80. The SMILES string of the molecule is Cc1occc1-c1noc(C(C)CCC#N)n1. The van der Waals surface area contributed by atoms with E-state index in [1.165, 1.54) is 0 Å². The van der Waals surface area contributed by atoms with Crippen molar-refractivity contribution in [1.82, 2.24) is 10.1 Å². The number of hydrogen-bond acceptors (Lipinski definition) is 5. The molecule has 17 heavy (non-hydrogen) atoms. The maximum Gasteiger partial charge on any atom is 0.229 e. The highest BCUT2D eigenvalue weighted by Gasteiger charge is 2.16. The van der Waals surface area contributed by atoms with Crippen LogP contribution in [-0.2, 0) is 0 Å². The quantitative estimate of drug-likeness (QED) is 0.808. The smallest absolute Gasteiger partial charge is 0.229 e. The third kappa shape index (κ3) is 2.36. The van der Waals surface area contributed by atoms with E-state index in [0.29, 0.717) is 18.1 Å². The maximum absolute atomic E-state index is 8.52. The molecule has 0 N–H and O–H groups in total. The molecule has 2 heterocycles. The Hall–Kier alpha value is -2.09. The van der Waals surface area contributed by atoms with Crippen LogP contribution in [0.25, 0.3) is 11.4 Å². The zero-order valence-electron chi connectivity index (χ0n) is 9.80. The van der Waals surface area contributed by atoms with Crippen LogP contribution < -0.4 is 0 Å². The van der Waals surface area contributed by atoms with Gasteiger partial charge in [0.1, 0.15) is 5.76 Å². The van der Waals surface area contributed by atoms with Gasteiger partial charge in [0.2, 0.25) is 11.7 Å². The molecule has 0 saturated carbocycles. The van der Waals surface area contributed by atoms with Crippen LogP contribution in [0, 0.1) is 18.3 Å². The summed E-state index contributed by atoms with van der Waals surface area (Å²) in [4.78, 5) is 4.32. The second-order valence-electron chi connectivity index (χ2n) is 3.94. The molecule has 0 spiro atoms. The van der Waals surface area contributed by atoms with Gasteiger partial charge in [-0.2, -0.15) is 10.2 Å². The first kappa shape index (κ1) is 11.4. The Morgan fingerprint density at radius 2 is 2.35 bits per heavy atom. The van der Waals surface area contributed by atoms with E-state index >= 15 is 0 Å². The van der Waals surface area contributed by atoms with E-state index < -0.39 is 0 Å². The molecule has 2 aromatic heterocycles. The molecule has 1 unspecified atom stereocenters. The van der Waals surface area contributed by atoms with Gasteiger partial charge in [-0.05, 0) is 19.4 Å². The third-order valence-corrected chi connectivity index (χ3v) is 2.65. The molecule has 0 aromatic carbocycles. The van der Waals surface area contributed by atoms with Crippen LogP contribution in [0.5, 0.6) is 0 Å². The van der Waals surface area contributed by atoms with Crippen molar-refractivity contribution in [2.45, 2.75) is 32.6 Å². The zero-order chi connectivity index (χ0) is 12.3.